The summed E-state index contributed by atoms with van der Waals surface area (Å²) in [5, 5.41) is 5.35. The number of anilines is 2. The first-order chi connectivity index (χ1) is 18.8. The summed E-state index contributed by atoms with van der Waals surface area (Å²) >= 11 is 0. The number of carbonyl (C=O) groups is 5. The number of nitrogens with two attached hydrogens (primary N) is 2. The van der Waals surface area contributed by atoms with Crippen molar-refractivity contribution >= 4 is 47.7 Å². The van der Waals surface area contributed by atoms with Gasteiger partial charge >= 0.3 is 5.97 Å². The summed E-state index contributed by atoms with van der Waals surface area (Å²) < 4.78 is 5.35. The van der Waals surface area contributed by atoms with Gasteiger partial charge in [0.2, 0.25) is 0 Å². The number of aryl methyl sites for hydroxylation is 1. The zero-order chi connectivity index (χ0) is 28.0. The van der Waals surface area contributed by atoms with E-state index in [-0.39, 0.29) is 36.5 Å². The number of ether oxygens (including phenoxy) is 1. The molecule has 2 heterocycles. The molecule has 1 saturated heterocycles. The van der Waals surface area contributed by atoms with Crippen molar-refractivity contribution in [1.82, 2.24) is 10.6 Å². The Morgan fingerprint density at radius 2 is 1.87 bits per heavy atom. The monoisotopic (exact) mass is 534 g/mol. The lowest BCUT2D eigenvalue weighted by Gasteiger charge is -2.23. The fourth-order valence-corrected chi connectivity index (χ4v) is 4.49. The third-order valence-electron chi connectivity index (χ3n) is 6.64. The van der Waals surface area contributed by atoms with Gasteiger partial charge in [-0.1, -0.05) is 12.5 Å². The fraction of sp³-hybridized carbons (Fsp3) is 0.333. The topological polar surface area (TPSA) is 196 Å². The van der Waals surface area contributed by atoms with E-state index in [2.05, 4.69) is 15.6 Å². The highest BCUT2D eigenvalue weighted by atomic mass is 16.5. The lowest BCUT2D eigenvalue weighted by Crippen LogP contribution is -2.33. The van der Waals surface area contributed by atoms with E-state index < -0.39 is 17.6 Å². The number of hydrogen-bond donors (Lipinski definition) is 4. The van der Waals surface area contributed by atoms with E-state index in [1.165, 1.54) is 17.0 Å². The second kappa shape index (κ2) is 11.9. The minimum absolute atomic E-state index is 0.0776. The Kier molecular flexibility index (Phi) is 8.35. The highest BCUT2D eigenvalue weighted by Crippen LogP contribution is 2.33. The van der Waals surface area contributed by atoms with Crippen molar-refractivity contribution in [2.24, 2.45) is 16.5 Å². The molecule has 2 aromatic carbocycles. The number of aldehydes is 2. The van der Waals surface area contributed by atoms with Crippen LogP contribution in [0, 0.1) is 0 Å². The second-order valence-corrected chi connectivity index (χ2v) is 9.40. The summed E-state index contributed by atoms with van der Waals surface area (Å²) in [6, 6.07) is 10.8. The molecule has 2 aromatic rings. The van der Waals surface area contributed by atoms with Crippen molar-refractivity contribution in [3.63, 3.8) is 0 Å². The molecule has 0 spiro atoms. The SMILES string of the molecule is NC(N)=NCCCCCc1ccc2c(c1)C(=O)NCC(=O)N2c1ccc(OC(=O)C2NC2(C=O)CC=O)cc1. The molecule has 2 aliphatic rings. The van der Waals surface area contributed by atoms with Crippen LogP contribution in [0.1, 0.15) is 41.6 Å². The number of hydrogen-bond acceptors (Lipinski definition) is 8. The van der Waals surface area contributed by atoms with Crippen molar-refractivity contribution in [2.75, 3.05) is 18.0 Å². The number of aliphatic imine (C=N–C) groups is 1. The first kappa shape index (κ1) is 27.5. The van der Waals surface area contributed by atoms with Gasteiger partial charge < -0.3 is 31.1 Å². The molecule has 2 unspecified atom stereocenters. The number of fused-ring (bicyclic) bond motifs is 1. The van der Waals surface area contributed by atoms with Crippen LogP contribution in [-0.2, 0) is 25.6 Å². The Labute approximate surface area is 224 Å². The van der Waals surface area contributed by atoms with Crippen LogP contribution in [0.3, 0.4) is 0 Å². The normalized spacial score (nSPS) is 19.8. The Hall–Kier alpha value is -4.58. The van der Waals surface area contributed by atoms with Crippen LogP contribution in [0.25, 0.3) is 0 Å². The second-order valence-electron chi connectivity index (χ2n) is 9.40. The summed E-state index contributed by atoms with van der Waals surface area (Å²) in [6.07, 6.45) is 4.40. The van der Waals surface area contributed by atoms with Gasteiger partial charge in [0.05, 0.1) is 17.8 Å². The standard InChI is InChI=1S/C27H30N6O6/c28-26(29)30-12-3-1-2-4-17-5-10-21-20(14-17)24(37)31-15-22(36)33(21)18-6-8-19(9-7-18)39-25(38)23-27(16-35,32-23)11-13-34/h5-10,13-14,16,23,32H,1-4,11-12,15H2,(H,31,37)(H4,28,29,30). The summed E-state index contributed by atoms with van der Waals surface area (Å²) in [6.45, 7) is 0.392. The number of nitrogens with one attached hydrogen (secondary N) is 2. The average Bonchev–Trinajstić information content (AvgIpc) is 3.67. The van der Waals surface area contributed by atoms with Crippen LogP contribution in [0.15, 0.2) is 47.5 Å². The van der Waals surface area contributed by atoms with Gasteiger partial charge in [-0.05, 0) is 61.2 Å². The minimum atomic E-state index is -1.22. The molecule has 39 heavy (non-hydrogen) atoms. The molecule has 6 N–H and O–H groups in total. The van der Waals surface area contributed by atoms with Crippen LogP contribution < -0.4 is 31.7 Å². The van der Waals surface area contributed by atoms with Gasteiger partial charge in [0.25, 0.3) is 11.8 Å². The number of carbonyl (C=O) groups excluding carboxylic acids is 5. The van der Waals surface area contributed by atoms with Gasteiger partial charge in [-0.25, -0.2) is 4.79 Å². The zero-order valence-electron chi connectivity index (χ0n) is 21.2. The number of nitrogens with zero attached hydrogens (tertiary/aromatic N) is 2. The molecule has 12 nitrogen and oxygen atoms in total. The van der Waals surface area contributed by atoms with Gasteiger partial charge in [-0.3, -0.25) is 24.8 Å². The van der Waals surface area contributed by atoms with E-state index in [0.717, 1.165) is 31.2 Å². The molecule has 4 rings (SSSR count). The lowest BCUT2D eigenvalue weighted by atomic mass is 10.0. The van der Waals surface area contributed by atoms with Crippen LogP contribution in [0.2, 0.25) is 0 Å². The average molecular weight is 535 g/mol. The van der Waals surface area contributed by atoms with Gasteiger partial charge in [0, 0.05) is 18.7 Å². The number of guanidine groups is 1. The summed E-state index contributed by atoms with van der Waals surface area (Å²) in [5.41, 5.74) is 11.7. The minimum Gasteiger partial charge on any atom is -0.425 e. The number of unbranched alkanes of at least 4 members (excludes halogenated alkanes) is 2. The van der Waals surface area contributed by atoms with Crippen molar-refractivity contribution in [3.8, 4) is 5.75 Å². The molecule has 0 bridgehead atoms. The lowest BCUT2D eigenvalue weighted by molar-refractivity contribution is -0.134. The molecule has 0 aliphatic carbocycles. The first-order valence-corrected chi connectivity index (χ1v) is 12.6. The molecule has 2 aliphatic heterocycles. The Bertz CT molecular complexity index is 1310. The summed E-state index contributed by atoms with van der Waals surface area (Å²) in [5.74, 6) is -1.08. The molecule has 0 aromatic heterocycles. The first-order valence-electron chi connectivity index (χ1n) is 12.6. The highest BCUT2D eigenvalue weighted by Gasteiger charge is 2.59. The molecular weight excluding hydrogens is 504 g/mol. The van der Waals surface area contributed by atoms with Gasteiger partial charge in [-0.15, -0.1) is 0 Å². The molecule has 1 fully saturated rings. The number of rotatable bonds is 12. The Morgan fingerprint density at radius 1 is 1.10 bits per heavy atom. The Morgan fingerprint density at radius 3 is 2.56 bits per heavy atom. The van der Waals surface area contributed by atoms with Crippen molar-refractivity contribution in [3.05, 3.63) is 53.6 Å². The summed E-state index contributed by atoms with van der Waals surface area (Å²) in [4.78, 5) is 65.7. The third-order valence-corrected chi connectivity index (χ3v) is 6.64. The van der Waals surface area contributed by atoms with Crippen molar-refractivity contribution in [1.29, 1.82) is 0 Å². The molecule has 2 atom stereocenters. The van der Waals surface area contributed by atoms with Crippen molar-refractivity contribution in [2.45, 2.75) is 43.7 Å². The van der Waals surface area contributed by atoms with Gasteiger partial charge in [0.1, 0.15) is 29.9 Å². The maximum absolute atomic E-state index is 13.0. The van der Waals surface area contributed by atoms with Crippen LogP contribution in [0.4, 0.5) is 11.4 Å². The molecule has 0 saturated carbocycles. The Balaban J connectivity index is 1.45. The molecule has 12 heteroatoms. The van der Waals surface area contributed by atoms with Crippen LogP contribution in [-0.4, -0.2) is 61.0 Å². The number of amides is 2. The van der Waals surface area contributed by atoms with E-state index in [4.69, 9.17) is 16.2 Å². The van der Waals surface area contributed by atoms with Gasteiger partial charge in [-0.2, -0.15) is 0 Å². The van der Waals surface area contributed by atoms with E-state index in [1.54, 1.807) is 24.3 Å². The maximum atomic E-state index is 13.0. The highest BCUT2D eigenvalue weighted by molar-refractivity contribution is 6.13. The van der Waals surface area contributed by atoms with Gasteiger partial charge in [0.15, 0.2) is 5.96 Å². The molecule has 204 valence electrons. The van der Waals surface area contributed by atoms with Crippen LogP contribution >= 0.6 is 0 Å². The zero-order valence-corrected chi connectivity index (χ0v) is 21.2. The van der Waals surface area contributed by atoms with Crippen LogP contribution in [0.5, 0.6) is 5.75 Å². The maximum Gasteiger partial charge on any atom is 0.330 e. The summed E-state index contributed by atoms with van der Waals surface area (Å²) in [7, 11) is 0. The number of esters is 1. The van der Waals surface area contributed by atoms with E-state index in [0.29, 0.717) is 36.1 Å². The number of benzene rings is 2. The largest absolute Gasteiger partial charge is 0.425 e. The van der Waals surface area contributed by atoms with E-state index >= 15 is 0 Å². The molecule has 2 amide bonds. The smallest absolute Gasteiger partial charge is 0.330 e. The predicted molar refractivity (Wildman–Crippen MR) is 143 cm³/mol. The third kappa shape index (κ3) is 6.29. The predicted octanol–water partition coefficient (Wildman–Crippen LogP) is 0.485. The fourth-order valence-electron chi connectivity index (χ4n) is 4.49. The molecule has 0 radical (unpaired) electrons. The van der Waals surface area contributed by atoms with E-state index in [1.807, 2.05) is 6.07 Å². The van der Waals surface area contributed by atoms with Crippen molar-refractivity contribution < 1.29 is 28.7 Å². The molecular formula is C27H30N6O6. The quantitative estimate of drug-likeness (QED) is 0.0569. The van der Waals surface area contributed by atoms with E-state index in [9.17, 15) is 24.0 Å².